The molecule has 1 aromatic rings. The molecule has 1 aromatic carbocycles. The molecule has 0 bridgehead atoms. The molecule has 0 aliphatic carbocycles. The second kappa shape index (κ2) is 10.2. The normalized spacial score (nSPS) is 11.1. The molecule has 0 spiro atoms. The van der Waals surface area contributed by atoms with E-state index in [-0.39, 0.29) is 43.1 Å². The van der Waals surface area contributed by atoms with Crippen LogP contribution in [-0.4, -0.2) is 24.4 Å². The predicted octanol–water partition coefficient (Wildman–Crippen LogP) is 0.968. The molecule has 20 heavy (non-hydrogen) atoms. The van der Waals surface area contributed by atoms with Gasteiger partial charge in [0.15, 0.2) is 0 Å². The van der Waals surface area contributed by atoms with Crippen LogP contribution in [0.3, 0.4) is 0 Å². The van der Waals surface area contributed by atoms with Crippen molar-refractivity contribution in [2.24, 2.45) is 5.73 Å². The molecule has 112 valence electrons. The van der Waals surface area contributed by atoms with E-state index < -0.39 is 0 Å². The average molecular weight is 300 g/mol. The van der Waals surface area contributed by atoms with E-state index in [2.05, 4.69) is 10.6 Å². The highest BCUT2D eigenvalue weighted by Gasteiger charge is 2.06. The maximum absolute atomic E-state index is 11.5. The first-order chi connectivity index (χ1) is 9.08. The van der Waals surface area contributed by atoms with Crippen molar-refractivity contribution in [1.29, 1.82) is 0 Å². The second-order valence-electron chi connectivity index (χ2n) is 4.54. The molecule has 0 heterocycles. The average Bonchev–Trinajstić information content (AvgIpc) is 2.36. The third kappa shape index (κ3) is 8.50. The van der Waals surface area contributed by atoms with E-state index in [0.717, 1.165) is 5.56 Å². The monoisotopic (exact) mass is 299 g/mol. The lowest BCUT2D eigenvalue weighted by Crippen LogP contribution is -2.33. The molecule has 2 amide bonds. The smallest absolute Gasteiger partial charge is 0.222 e. The summed E-state index contributed by atoms with van der Waals surface area (Å²) >= 11 is 0. The summed E-state index contributed by atoms with van der Waals surface area (Å²) in [6, 6.07) is 9.52. The van der Waals surface area contributed by atoms with Crippen LogP contribution < -0.4 is 16.4 Å². The number of hydrogen-bond donors (Lipinski definition) is 3. The third-order valence-corrected chi connectivity index (χ3v) is 2.51. The van der Waals surface area contributed by atoms with E-state index in [9.17, 15) is 9.59 Å². The van der Waals surface area contributed by atoms with Crippen molar-refractivity contribution in [3.63, 3.8) is 0 Å². The zero-order chi connectivity index (χ0) is 14.1. The largest absolute Gasteiger partial charge is 0.356 e. The van der Waals surface area contributed by atoms with Crippen molar-refractivity contribution in [2.75, 3.05) is 6.54 Å². The minimum absolute atomic E-state index is 0. The Balaban J connectivity index is 0.00000361. The predicted molar refractivity (Wildman–Crippen MR) is 81.4 cm³/mol. The maximum atomic E-state index is 11.5. The SMILES string of the molecule is CC(N)CC(=O)NCCC(=O)NCc1ccccc1.Cl. The molecule has 1 unspecified atom stereocenters. The summed E-state index contributed by atoms with van der Waals surface area (Å²) in [6.45, 7) is 2.62. The van der Waals surface area contributed by atoms with E-state index in [1.54, 1.807) is 6.92 Å². The minimum Gasteiger partial charge on any atom is -0.356 e. The Morgan fingerprint density at radius 3 is 2.40 bits per heavy atom. The summed E-state index contributed by atoms with van der Waals surface area (Å²) in [5.41, 5.74) is 6.55. The van der Waals surface area contributed by atoms with Crippen LogP contribution in [0.5, 0.6) is 0 Å². The van der Waals surface area contributed by atoms with Gasteiger partial charge in [0.25, 0.3) is 0 Å². The molecule has 1 atom stereocenters. The van der Waals surface area contributed by atoms with Crippen LogP contribution in [-0.2, 0) is 16.1 Å². The van der Waals surface area contributed by atoms with Gasteiger partial charge in [-0.15, -0.1) is 12.4 Å². The number of rotatable bonds is 7. The van der Waals surface area contributed by atoms with Crippen LogP contribution in [0.25, 0.3) is 0 Å². The molecule has 5 nitrogen and oxygen atoms in total. The number of carbonyl (C=O) groups excluding carboxylic acids is 2. The highest BCUT2D eigenvalue weighted by atomic mass is 35.5. The summed E-state index contributed by atoms with van der Waals surface area (Å²) in [5, 5.41) is 5.46. The Bertz CT molecular complexity index is 410. The van der Waals surface area contributed by atoms with Crippen molar-refractivity contribution >= 4 is 24.2 Å². The van der Waals surface area contributed by atoms with Crippen molar-refractivity contribution in [1.82, 2.24) is 10.6 Å². The Labute approximate surface area is 125 Å². The van der Waals surface area contributed by atoms with Gasteiger partial charge in [0.2, 0.25) is 11.8 Å². The van der Waals surface area contributed by atoms with Crippen LogP contribution in [0.15, 0.2) is 30.3 Å². The molecule has 0 radical (unpaired) electrons. The van der Waals surface area contributed by atoms with Gasteiger partial charge in [-0.2, -0.15) is 0 Å². The number of amides is 2. The Morgan fingerprint density at radius 2 is 1.80 bits per heavy atom. The molecule has 0 fully saturated rings. The van der Waals surface area contributed by atoms with Crippen molar-refractivity contribution in [3.05, 3.63) is 35.9 Å². The van der Waals surface area contributed by atoms with Crippen LogP contribution >= 0.6 is 12.4 Å². The molecule has 0 aliphatic rings. The summed E-state index contributed by atoms with van der Waals surface area (Å²) < 4.78 is 0. The zero-order valence-corrected chi connectivity index (χ0v) is 12.4. The van der Waals surface area contributed by atoms with Gasteiger partial charge in [-0.3, -0.25) is 9.59 Å². The number of carbonyl (C=O) groups is 2. The Kier molecular flexibility index (Phi) is 9.41. The Morgan fingerprint density at radius 1 is 1.15 bits per heavy atom. The molecule has 1 rings (SSSR count). The van der Waals surface area contributed by atoms with Crippen LogP contribution in [0.4, 0.5) is 0 Å². The van der Waals surface area contributed by atoms with Crippen molar-refractivity contribution in [3.8, 4) is 0 Å². The fraction of sp³-hybridized carbons (Fsp3) is 0.429. The van der Waals surface area contributed by atoms with E-state index >= 15 is 0 Å². The van der Waals surface area contributed by atoms with E-state index in [0.29, 0.717) is 13.1 Å². The van der Waals surface area contributed by atoms with Gasteiger partial charge < -0.3 is 16.4 Å². The van der Waals surface area contributed by atoms with E-state index in [1.807, 2.05) is 30.3 Å². The van der Waals surface area contributed by atoms with Crippen molar-refractivity contribution in [2.45, 2.75) is 32.4 Å². The number of hydrogen-bond acceptors (Lipinski definition) is 3. The number of halogens is 1. The van der Waals surface area contributed by atoms with Gasteiger partial charge in [-0.25, -0.2) is 0 Å². The second-order valence-corrected chi connectivity index (χ2v) is 4.54. The summed E-state index contributed by atoms with van der Waals surface area (Å²) in [7, 11) is 0. The standard InChI is InChI=1S/C14H21N3O2.ClH/c1-11(15)9-14(19)16-8-7-13(18)17-10-12-5-3-2-4-6-12;/h2-6,11H,7-10,15H2,1H3,(H,16,19)(H,17,18);1H. The molecular weight excluding hydrogens is 278 g/mol. The molecular formula is C14H22ClN3O2. The van der Waals surface area contributed by atoms with Gasteiger partial charge in [0, 0.05) is 32.0 Å². The first-order valence-electron chi connectivity index (χ1n) is 6.41. The topological polar surface area (TPSA) is 84.2 Å². The Hall–Kier alpha value is -1.59. The van der Waals surface area contributed by atoms with Crippen LogP contribution in [0, 0.1) is 0 Å². The lowest BCUT2D eigenvalue weighted by molar-refractivity contribution is -0.122. The maximum Gasteiger partial charge on any atom is 0.222 e. The van der Waals surface area contributed by atoms with Gasteiger partial charge in [0.1, 0.15) is 0 Å². The first kappa shape index (κ1) is 18.4. The van der Waals surface area contributed by atoms with E-state index in [4.69, 9.17) is 5.73 Å². The molecule has 0 saturated heterocycles. The van der Waals surface area contributed by atoms with Crippen molar-refractivity contribution < 1.29 is 9.59 Å². The number of benzene rings is 1. The number of nitrogens with two attached hydrogens (primary N) is 1. The fourth-order valence-electron chi connectivity index (χ4n) is 1.56. The molecule has 0 saturated carbocycles. The van der Waals surface area contributed by atoms with Gasteiger partial charge in [-0.1, -0.05) is 30.3 Å². The van der Waals surface area contributed by atoms with Gasteiger partial charge in [-0.05, 0) is 12.5 Å². The molecule has 0 aliphatic heterocycles. The lowest BCUT2D eigenvalue weighted by Gasteiger charge is -2.08. The van der Waals surface area contributed by atoms with Gasteiger partial charge >= 0.3 is 0 Å². The third-order valence-electron chi connectivity index (χ3n) is 2.51. The quantitative estimate of drug-likeness (QED) is 0.701. The minimum atomic E-state index is -0.160. The van der Waals surface area contributed by atoms with Gasteiger partial charge in [0.05, 0.1) is 0 Å². The molecule has 6 heteroatoms. The molecule has 4 N–H and O–H groups in total. The van der Waals surface area contributed by atoms with Crippen LogP contribution in [0.2, 0.25) is 0 Å². The fourth-order valence-corrected chi connectivity index (χ4v) is 1.56. The number of nitrogens with one attached hydrogen (secondary N) is 2. The highest BCUT2D eigenvalue weighted by Crippen LogP contribution is 1.97. The lowest BCUT2D eigenvalue weighted by atomic mass is 10.2. The van der Waals surface area contributed by atoms with Crippen LogP contribution in [0.1, 0.15) is 25.3 Å². The summed E-state index contributed by atoms with van der Waals surface area (Å²) in [4.78, 5) is 22.8. The first-order valence-corrected chi connectivity index (χ1v) is 6.41. The molecule has 0 aromatic heterocycles. The highest BCUT2D eigenvalue weighted by molar-refractivity contribution is 5.85. The van der Waals surface area contributed by atoms with E-state index in [1.165, 1.54) is 0 Å². The summed E-state index contributed by atoms with van der Waals surface area (Å²) in [6.07, 6.45) is 0.559. The zero-order valence-electron chi connectivity index (χ0n) is 11.6. The summed E-state index contributed by atoms with van der Waals surface area (Å²) in [5.74, 6) is -0.198.